The molecule has 18 heavy (non-hydrogen) atoms. The third-order valence-electron chi connectivity index (χ3n) is 2.29. The van der Waals surface area contributed by atoms with E-state index in [2.05, 4.69) is 25.0 Å². The average molecular weight is 279 g/mol. The Kier molecular flexibility index (Phi) is 2.77. The molecular weight excluding hydrogens is 272 g/mol. The zero-order chi connectivity index (χ0) is 12.5. The number of hydrogen-bond donors (Lipinski definition) is 0. The SMILES string of the molecule is Cc1ccsc1-c1nc(Cl)nc(-n2cncn2)n1. The number of hydrogen-bond acceptors (Lipinski definition) is 6. The minimum atomic E-state index is 0.137. The van der Waals surface area contributed by atoms with Crippen molar-refractivity contribution in [2.45, 2.75) is 6.92 Å². The molecule has 0 amide bonds. The topological polar surface area (TPSA) is 69.4 Å². The molecule has 3 heterocycles. The molecule has 6 nitrogen and oxygen atoms in total. The maximum atomic E-state index is 5.92. The number of aromatic nitrogens is 6. The minimum Gasteiger partial charge on any atom is -0.223 e. The molecule has 0 unspecified atom stereocenters. The van der Waals surface area contributed by atoms with Crippen molar-refractivity contribution in [3.8, 4) is 16.6 Å². The highest BCUT2D eigenvalue weighted by Gasteiger charge is 2.12. The summed E-state index contributed by atoms with van der Waals surface area (Å²) in [5, 5.41) is 6.09. The van der Waals surface area contributed by atoms with E-state index in [0.717, 1.165) is 10.4 Å². The van der Waals surface area contributed by atoms with Crippen LogP contribution in [-0.4, -0.2) is 29.7 Å². The fourth-order valence-electron chi connectivity index (χ4n) is 1.46. The molecule has 3 rings (SSSR count). The Hall–Kier alpha value is -1.86. The summed E-state index contributed by atoms with van der Waals surface area (Å²) in [6, 6.07) is 2.01. The zero-order valence-electron chi connectivity index (χ0n) is 9.28. The first-order valence-electron chi connectivity index (χ1n) is 5.05. The second-order valence-corrected chi connectivity index (χ2v) is 4.76. The molecule has 0 N–H and O–H groups in total. The normalized spacial score (nSPS) is 10.8. The Bertz CT molecular complexity index is 678. The molecule has 3 aromatic heterocycles. The highest BCUT2D eigenvalue weighted by Crippen LogP contribution is 2.26. The first-order chi connectivity index (χ1) is 8.74. The quantitative estimate of drug-likeness (QED) is 0.718. The van der Waals surface area contributed by atoms with Gasteiger partial charge < -0.3 is 0 Å². The fraction of sp³-hybridized carbons (Fsp3) is 0.100. The number of rotatable bonds is 2. The highest BCUT2D eigenvalue weighted by atomic mass is 35.5. The van der Waals surface area contributed by atoms with Crippen LogP contribution in [0.3, 0.4) is 0 Å². The van der Waals surface area contributed by atoms with Crippen LogP contribution in [0.1, 0.15) is 5.56 Å². The average Bonchev–Trinajstić information content (AvgIpc) is 2.98. The summed E-state index contributed by atoms with van der Waals surface area (Å²) in [6.45, 7) is 2.00. The van der Waals surface area contributed by atoms with Crippen LogP contribution in [0.25, 0.3) is 16.6 Å². The standard InChI is InChI=1S/C10H7ClN6S/c1-6-2-3-18-7(6)8-14-9(11)16-10(15-8)17-5-12-4-13-17/h2-5H,1H3. The maximum Gasteiger partial charge on any atom is 0.256 e. The summed E-state index contributed by atoms with van der Waals surface area (Å²) in [5.41, 5.74) is 1.10. The van der Waals surface area contributed by atoms with Gasteiger partial charge >= 0.3 is 0 Å². The van der Waals surface area contributed by atoms with Crippen LogP contribution < -0.4 is 0 Å². The van der Waals surface area contributed by atoms with Crippen molar-refractivity contribution >= 4 is 22.9 Å². The molecule has 0 aliphatic rings. The van der Waals surface area contributed by atoms with Gasteiger partial charge in [-0.15, -0.1) is 11.3 Å². The fourth-order valence-corrected chi connectivity index (χ4v) is 2.47. The smallest absolute Gasteiger partial charge is 0.223 e. The van der Waals surface area contributed by atoms with E-state index in [9.17, 15) is 0 Å². The van der Waals surface area contributed by atoms with Crippen molar-refractivity contribution in [1.29, 1.82) is 0 Å². The summed E-state index contributed by atoms with van der Waals surface area (Å²) < 4.78 is 1.44. The molecule has 0 spiro atoms. The second kappa shape index (κ2) is 4.43. The summed E-state index contributed by atoms with van der Waals surface area (Å²) in [7, 11) is 0. The second-order valence-electron chi connectivity index (χ2n) is 3.50. The molecule has 0 aromatic carbocycles. The van der Waals surface area contributed by atoms with E-state index in [1.54, 1.807) is 11.3 Å². The van der Waals surface area contributed by atoms with Gasteiger partial charge in [-0.25, -0.2) is 4.98 Å². The Morgan fingerprint density at radius 1 is 1.28 bits per heavy atom. The van der Waals surface area contributed by atoms with Gasteiger partial charge in [0.2, 0.25) is 5.28 Å². The van der Waals surface area contributed by atoms with Gasteiger partial charge in [0.25, 0.3) is 5.95 Å². The molecule has 0 radical (unpaired) electrons. The lowest BCUT2D eigenvalue weighted by molar-refractivity contribution is 0.796. The lowest BCUT2D eigenvalue weighted by atomic mass is 10.3. The van der Waals surface area contributed by atoms with Crippen LogP contribution in [0.2, 0.25) is 5.28 Å². The lowest BCUT2D eigenvalue weighted by Gasteiger charge is -2.02. The van der Waals surface area contributed by atoms with E-state index in [1.807, 2.05) is 18.4 Å². The molecule has 8 heteroatoms. The molecule has 0 aliphatic carbocycles. The molecule has 0 saturated heterocycles. The first kappa shape index (κ1) is 11.2. The van der Waals surface area contributed by atoms with Gasteiger partial charge in [0, 0.05) is 0 Å². The molecule has 3 aromatic rings. The molecule has 0 saturated carbocycles. The zero-order valence-corrected chi connectivity index (χ0v) is 10.9. The van der Waals surface area contributed by atoms with Crippen LogP contribution in [0.15, 0.2) is 24.1 Å². The molecule has 0 fully saturated rings. The van der Waals surface area contributed by atoms with E-state index in [-0.39, 0.29) is 5.28 Å². The third kappa shape index (κ3) is 1.98. The minimum absolute atomic E-state index is 0.137. The molecule has 90 valence electrons. The Morgan fingerprint density at radius 2 is 2.17 bits per heavy atom. The Morgan fingerprint density at radius 3 is 2.83 bits per heavy atom. The van der Waals surface area contributed by atoms with E-state index in [4.69, 9.17) is 11.6 Å². The van der Waals surface area contributed by atoms with Gasteiger partial charge in [-0.3, -0.25) is 0 Å². The van der Waals surface area contributed by atoms with Crippen molar-refractivity contribution in [2.24, 2.45) is 0 Å². The predicted octanol–water partition coefficient (Wildman–Crippen LogP) is 2.14. The van der Waals surface area contributed by atoms with Crippen molar-refractivity contribution in [2.75, 3.05) is 0 Å². The monoisotopic (exact) mass is 278 g/mol. The van der Waals surface area contributed by atoms with Gasteiger partial charge in [-0.2, -0.15) is 24.7 Å². The van der Waals surface area contributed by atoms with Crippen LogP contribution in [-0.2, 0) is 0 Å². The van der Waals surface area contributed by atoms with Crippen LogP contribution in [0, 0.1) is 6.92 Å². The van der Waals surface area contributed by atoms with Gasteiger partial charge in [0.1, 0.15) is 12.7 Å². The summed E-state index contributed by atoms with van der Waals surface area (Å²) in [6.07, 6.45) is 2.92. The summed E-state index contributed by atoms with van der Waals surface area (Å²) in [5.74, 6) is 0.906. The maximum absolute atomic E-state index is 5.92. The molecule has 0 bridgehead atoms. The largest absolute Gasteiger partial charge is 0.256 e. The molecular formula is C10H7ClN6S. The van der Waals surface area contributed by atoms with E-state index in [1.165, 1.54) is 17.3 Å². The first-order valence-corrected chi connectivity index (χ1v) is 6.31. The van der Waals surface area contributed by atoms with E-state index in [0.29, 0.717) is 11.8 Å². The number of thiophene rings is 1. The number of halogens is 1. The molecule has 0 atom stereocenters. The summed E-state index contributed by atoms with van der Waals surface area (Å²) in [4.78, 5) is 17.3. The number of aryl methyl sites for hydroxylation is 1. The van der Waals surface area contributed by atoms with Crippen LogP contribution >= 0.6 is 22.9 Å². The van der Waals surface area contributed by atoms with Gasteiger partial charge in [-0.1, -0.05) is 0 Å². The third-order valence-corrected chi connectivity index (χ3v) is 3.47. The van der Waals surface area contributed by atoms with Gasteiger partial charge in [0.15, 0.2) is 5.82 Å². The predicted molar refractivity (Wildman–Crippen MR) is 67.8 cm³/mol. The summed E-state index contributed by atoms with van der Waals surface area (Å²) >= 11 is 7.48. The van der Waals surface area contributed by atoms with Crippen molar-refractivity contribution in [3.63, 3.8) is 0 Å². The lowest BCUT2D eigenvalue weighted by Crippen LogP contribution is -2.04. The van der Waals surface area contributed by atoms with Crippen molar-refractivity contribution in [3.05, 3.63) is 34.9 Å². The van der Waals surface area contributed by atoms with E-state index < -0.39 is 0 Å². The van der Waals surface area contributed by atoms with Crippen LogP contribution in [0.4, 0.5) is 0 Å². The highest BCUT2D eigenvalue weighted by molar-refractivity contribution is 7.13. The Balaban J connectivity index is 2.15. The molecule has 0 aliphatic heterocycles. The van der Waals surface area contributed by atoms with Gasteiger partial charge in [0.05, 0.1) is 4.88 Å². The van der Waals surface area contributed by atoms with Gasteiger partial charge in [-0.05, 0) is 35.5 Å². The van der Waals surface area contributed by atoms with Crippen LogP contribution in [0.5, 0.6) is 0 Å². The van der Waals surface area contributed by atoms with E-state index >= 15 is 0 Å². The van der Waals surface area contributed by atoms with Crippen molar-refractivity contribution in [1.82, 2.24) is 29.7 Å². The Labute approximate surface area is 111 Å². The number of nitrogens with zero attached hydrogens (tertiary/aromatic N) is 6. The van der Waals surface area contributed by atoms with Crippen molar-refractivity contribution < 1.29 is 0 Å².